The van der Waals surface area contributed by atoms with Crippen LogP contribution < -0.4 is 0 Å². The third-order valence-electron chi connectivity index (χ3n) is 3.19. The van der Waals surface area contributed by atoms with Gasteiger partial charge in [-0.15, -0.1) is 0 Å². The van der Waals surface area contributed by atoms with Crippen molar-refractivity contribution < 1.29 is 13.4 Å². The molecule has 1 aromatic carbocycles. The van der Waals surface area contributed by atoms with Crippen LogP contribution in [0.25, 0.3) is 0 Å². The van der Waals surface area contributed by atoms with Gasteiger partial charge in [0.25, 0.3) is 0 Å². The summed E-state index contributed by atoms with van der Waals surface area (Å²) in [4.78, 5) is 15.9. The Balaban J connectivity index is 1.96. The number of piperazine rings is 1. The number of rotatable bonds is 3. The van der Waals surface area contributed by atoms with Gasteiger partial charge in [-0.05, 0) is 19.2 Å². The summed E-state index contributed by atoms with van der Waals surface area (Å²) in [6.45, 7) is 2.92. The first-order chi connectivity index (χ1) is 9.08. The Hall–Kier alpha value is -1.27. The molecule has 1 amide bonds. The van der Waals surface area contributed by atoms with Gasteiger partial charge < -0.3 is 9.80 Å². The number of nitrogens with zero attached hydrogens (tertiary/aromatic N) is 2. The lowest BCUT2D eigenvalue weighted by Crippen LogP contribution is -2.48. The zero-order valence-electron chi connectivity index (χ0n) is 10.8. The highest BCUT2D eigenvalue weighted by Gasteiger charge is 2.22. The average Bonchev–Trinajstić information content (AvgIpc) is 2.39. The normalized spacial score (nSPS) is 18.3. The average molecular weight is 284 g/mol. The SMILES string of the molecule is CN1CCN(C(=O)CS(=O)c2ccccc2F)CC1. The minimum absolute atomic E-state index is 0.102. The van der Waals surface area contributed by atoms with Gasteiger partial charge in [-0.25, -0.2) is 4.39 Å². The first-order valence-electron chi connectivity index (χ1n) is 6.17. The van der Waals surface area contributed by atoms with E-state index in [0.29, 0.717) is 13.1 Å². The van der Waals surface area contributed by atoms with Crippen LogP contribution in [-0.2, 0) is 15.6 Å². The van der Waals surface area contributed by atoms with Crippen LogP contribution in [0.1, 0.15) is 0 Å². The third kappa shape index (κ3) is 3.61. The minimum atomic E-state index is -1.62. The summed E-state index contributed by atoms with van der Waals surface area (Å²) in [5.41, 5.74) is 0. The van der Waals surface area contributed by atoms with Crippen LogP contribution in [0.3, 0.4) is 0 Å². The zero-order valence-corrected chi connectivity index (χ0v) is 11.7. The second kappa shape index (κ2) is 6.25. The highest BCUT2D eigenvalue weighted by Crippen LogP contribution is 2.12. The fourth-order valence-electron chi connectivity index (χ4n) is 1.97. The summed E-state index contributed by atoms with van der Waals surface area (Å²) in [7, 11) is 0.384. The lowest BCUT2D eigenvalue weighted by Gasteiger charge is -2.32. The second-order valence-electron chi connectivity index (χ2n) is 4.60. The van der Waals surface area contributed by atoms with Gasteiger partial charge in [0.2, 0.25) is 5.91 Å². The summed E-state index contributed by atoms with van der Waals surface area (Å²) >= 11 is 0. The Bertz CT molecular complexity index is 487. The molecule has 0 radical (unpaired) electrons. The Morgan fingerprint density at radius 2 is 1.89 bits per heavy atom. The first kappa shape index (κ1) is 14.1. The van der Waals surface area contributed by atoms with E-state index in [1.54, 1.807) is 17.0 Å². The maximum Gasteiger partial charge on any atom is 0.235 e. The van der Waals surface area contributed by atoms with Crippen LogP contribution in [0.15, 0.2) is 29.2 Å². The van der Waals surface area contributed by atoms with Crippen LogP contribution in [0.5, 0.6) is 0 Å². The molecule has 1 aliphatic heterocycles. The first-order valence-corrected chi connectivity index (χ1v) is 7.49. The highest BCUT2D eigenvalue weighted by molar-refractivity contribution is 7.85. The Morgan fingerprint density at radius 1 is 1.26 bits per heavy atom. The summed E-state index contributed by atoms with van der Waals surface area (Å²) in [6, 6.07) is 5.88. The molecule has 0 spiro atoms. The summed E-state index contributed by atoms with van der Waals surface area (Å²) in [6.07, 6.45) is 0. The minimum Gasteiger partial charge on any atom is -0.339 e. The predicted molar refractivity (Wildman–Crippen MR) is 71.8 cm³/mol. The maximum absolute atomic E-state index is 13.5. The number of benzene rings is 1. The van der Waals surface area contributed by atoms with Crippen LogP contribution >= 0.6 is 0 Å². The van der Waals surface area contributed by atoms with Crippen molar-refractivity contribution in [3.05, 3.63) is 30.1 Å². The Morgan fingerprint density at radius 3 is 2.53 bits per heavy atom. The molecular formula is C13H17FN2O2S. The molecule has 0 aliphatic carbocycles. The van der Waals surface area contributed by atoms with Gasteiger partial charge in [0.1, 0.15) is 11.6 Å². The molecule has 104 valence electrons. The fourth-order valence-corrected chi connectivity index (χ4v) is 3.04. The molecule has 1 aliphatic rings. The summed E-state index contributed by atoms with van der Waals surface area (Å²) in [5.74, 6) is -0.841. The number of likely N-dealkylation sites (N-methyl/N-ethyl adjacent to an activating group) is 1. The van der Waals surface area contributed by atoms with Crippen molar-refractivity contribution >= 4 is 16.7 Å². The zero-order chi connectivity index (χ0) is 13.8. The molecule has 0 N–H and O–H groups in total. The standard InChI is InChI=1S/C13H17FN2O2S/c1-15-6-8-16(9-7-15)13(17)10-19(18)12-5-3-2-4-11(12)14/h2-5H,6-10H2,1H3. The molecule has 19 heavy (non-hydrogen) atoms. The predicted octanol–water partition coefficient (Wildman–Crippen LogP) is 0.707. The van der Waals surface area contributed by atoms with Gasteiger partial charge in [-0.2, -0.15) is 0 Å². The van der Waals surface area contributed by atoms with Gasteiger partial charge in [-0.1, -0.05) is 12.1 Å². The van der Waals surface area contributed by atoms with Crippen molar-refractivity contribution in [1.29, 1.82) is 0 Å². The van der Waals surface area contributed by atoms with E-state index in [2.05, 4.69) is 4.90 Å². The molecule has 1 heterocycles. The quantitative estimate of drug-likeness (QED) is 0.821. The van der Waals surface area contributed by atoms with E-state index in [9.17, 15) is 13.4 Å². The molecule has 1 aromatic rings. The van der Waals surface area contributed by atoms with Crippen molar-refractivity contribution in [2.75, 3.05) is 39.0 Å². The van der Waals surface area contributed by atoms with E-state index >= 15 is 0 Å². The molecule has 0 bridgehead atoms. The van der Waals surface area contributed by atoms with Gasteiger partial charge >= 0.3 is 0 Å². The fraction of sp³-hybridized carbons (Fsp3) is 0.462. The Labute approximate surface area is 114 Å². The van der Waals surface area contributed by atoms with Gasteiger partial charge in [0.05, 0.1) is 15.7 Å². The van der Waals surface area contributed by atoms with Crippen LogP contribution in [-0.4, -0.2) is 58.9 Å². The molecule has 1 unspecified atom stereocenters. The molecule has 6 heteroatoms. The van der Waals surface area contributed by atoms with E-state index in [-0.39, 0.29) is 16.6 Å². The van der Waals surface area contributed by atoms with Gasteiger partial charge in [0.15, 0.2) is 0 Å². The highest BCUT2D eigenvalue weighted by atomic mass is 32.2. The molecule has 0 saturated carbocycles. The maximum atomic E-state index is 13.5. The topological polar surface area (TPSA) is 40.6 Å². The number of carbonyl (C=O) groups excluding carboxylic acids is 1. The number of halogens is 1. The van der Waals surface area contributed by atoms with Gasteiger partial charge in [-0.3, -0.25) is 9.00 Å². The van der Waals surface area contributed by atoms with E-state index < -0.39 is 16.6 Å². The molecule has 2 rings (SSSR count). The van der Waals surface area contributed by atoms with E-state index in [0.717, 1.165) is 13.1 Å². The number of carbonyl (C=O) groups is 1. The van der Waals surface area contributed by atoms with Crippen molar-refractivity contribution in [2.24, 2.45) is 0 Å². The number of hydrogen-bond donors (Lipinski definition) is 0. The lowest BCUT2D eigenvalue weighted by molar-refractivity contribution is -0.129. The largest absolute Gasteiger partial charge is 0.339 e. The van der Waals surface area contributed by atoms with E-state index in [1.807, 2.05) is 7.05 Å². The monoisotopic (exact) mass is 284 g/mol. The molecule has 1 fully saturated rings. The van der Waals surface area contributed by atoms with Crippen molar-refractivity contribution in [1.82, 2.24) is 9.80 Å². The van der Waals surface area contributed by atoms with Crippen LogP contribution in [0, 0.1) is 5.82 Å². The molecule has 1 atom stereocenters. The lowest BCUT2D eigenvalue weighted by atomic mass is 10.3. The molecular weight excluding hydrogens is 267 g/mol. The Kier molecular flexibility index (Phi) is 4.66. The van der Waals surface area contributed by atoms with Crippen LogP contribution in [0.2, 0.25) is 0 Å². The second-order valence-corrected chi connectivity index (χ2v) is 6.02. The van der Waals surface area contributed by atoms with Crippen molar-refractivity contribution in [3.63, 3.8) is 0 Å². The third-order valence-corrected chi connectivity index (χ3v) is 4.52. The summed E-state index contributed by atoms with van der Waals surface area (Å²) < 4.78 is 25.5. The van der Waals surface area contributed by atoms with Crippen molar-refractivity contribution in [2.45, 2.75) is 4.90 Å². The van der Waals surface area contributed by atoms with Gasteiger partial charge in [0, 0.05) is 26.2 Å². The van der Waals surface area contributed by atoms with Crippen LogP contribution in [0.4, 0.5) is 4.39 Å². The number of amides is 1. The molecule has 4 nitrogen and oxygen atoms in total. The summed E-state index contributed by atoms with van der Waals surface area (Å²) in [5, 5.41) is 0. The van der Waals surface area contributed by atoms with Crippen molar-refractivity contribution in [3.8, 4) is 0 Å². The smallest absolute Gasteiger partial charge is 0.235 e. The molecule has 1 saturated heterocycles. The molecule has 0 aromatic heterocycles. The van der Waals surface area contributed by atoms with E-state index in [4.69, 9.17) is 0 Å². The number of hydrogen-bond acceptors (Lipinski definition) is 3. The van der Waals surface area contributed by atoms with E-state index in [1.165, 1.54) is 12.1 Å².